The molecule has 202 valence electrons. The lowest BCUT2D eigenvalue weighted by Gasteiger charge is -2.45. The molecule has 1 aliphatic carbocycles. The number of carboxylic acids is 3. The number of nitrogens with zero attached hydrogens (tertiary/aromatic N) is 1. The molecule has 0 spiro atoms. The number of aromatic amines is 1. The summed E-state index contributed by atoms with van der Waals surface area (Å²) in [6.07, 6.45) is 4.12. The number of hydrogen-bond acceptors (Lipinski definition) is 6. The molecule has 2 heterocycles. The van der Waals surface area contributed by atoms with Gasteiger partial charge in [0.2, 0.25) is 5.91 Å². The van der Waals surface area contributed by atoms with E-state index in [2.05, 4.69) is 53.6 Å². The number of fused-ring (bicyclic) bond motifs is 2. The topological polar surface area (TPSA) is 180 Å². The highest BCUT2D eigenvalue weighted by Gasteiger charge is 2.42. The highest BCUT2D eigenvalue weighted by Crippen LogP contribution is 2.44. The molecule has 37 heavy (non-hydrogen) atoms. The summed E-state index contributed by atoms with van der Waals surface area (Å²) < 4.78 is 0. The van der Waals surface area contributed by atoms with Crippen molar-refractivity contribution in [3.63, 3.8) is 0 Å². The Morgan fingerprint density at radius 2 is 1.81 bits per heavy atom. The average Bonchev–Trinajstić information content (AvgIpc) is 3.23. The minimum atomic E-state index is -2.74. The second-order valence-electron chi connectivity index (χ2n) is 9.96. The van der Waals surface area contributed by atoms with Crippen LogP contribution in [0.25, 0.3) is 10.9 Å². The molecular formula is C26H35N3O8. The van der Waals surface area contributed by atoms with Gasteiger partial charge in [0, 0.05) is 42.1 Å². The fourth-order valence-corrected chi connectivity index (χ4v) is 5.38. The summed E-state index contributed by atoms with van der Waals surface area (Å²) in [5.41, 5.74) is 1.35. The van der Waals surface area contributed by atoms with Crippen LogP contribution < -0.4 is 5.32 Å². The van der Waals surface area contributed by atoms with Gasteiger partial charge in [0.05, 0.1) is 18.8 Å². The van der Waals surface area contributed by atoms with Crippen molar-refractivity contribution in [2.75, 3.05) is 20.1 Å². The molecule has 2 aliphatic rings. The number of amides is 1. The van der Waals surface area contributed by atoms with E-state index in [0.29, 0.717) is 12.0 Å². The summed E-state index contributed by atoms with van der Waals surface area (Å²) in [7, 11) is 2.18. The van der Waals surface area contributed by atoms with Crippen LogP contribution in [0.15, 0.2) is 24.4 Å². The third kappa shape index (κ3) is 6.47. The molecule has 11 nitrogen and oxygen atoms in total. The zero-order valence-corrected chi connectivity index (χ0v) is 21.1. The van der Waals surface area contributed by atoms with Crippen molar-refractivity contribution in [1.29, 1.82) is 0 Å². The second-order valence-corrected chi connectivity index (χ2v) is 9.96. The van der Waals surface area contributed by atoms with Gasteiger partial charge in [0.1, 0.15) is 0 Å². The molecule has 2 aromatic rings. The molecule has 4 rings (SSSR count). The first-order valence-electron chi connectivity index (χ1n) is 12.4. The molecule has 0 radical (unpaired) electrons. The van der Waals surface area contributed by atoms with Crippen molar-refractivity contribution in [3.8, 4) is 0 Å². The van der Waals surface area contributed by atoms with E-state index in [1.165, 1.54) is 22.0 Å². The highest BCUT2D eigenvalue weighted by atomic mass is 16.4. The van der Waals surface area contributed by atoms with Gasteiger partial charge in [0.15, 0.2) is 5.60 Å². The number of carboxylic acid groups (broad SMARTS) is 3. The van der Waals surface area contributed by atoms with Gasteiger partial charge in [-0.3, -0.25) is 14.4 Å². The van der Waals surface area contributed by atoms with Crippen molar-refractivity contribution >= 4 is 34.7 Å². The lowest BCUT2D eigenvalue weighted by atomic mass is 9.72. The average molecular weight is 518 g/mol. The van der Waals surface area contributed by atoms with Gasteiger partial charge >= 0.3 is 17.9 Å². The molecule has 1 fully saturated rings. The highest BCUT2D eigenvalue weighted by molar-refractivity contribution is 5.89. The van der Waals surface area contributed by atoms with Crippen molar-refractivity contribution < 1.29 is 39.6 Å². The number of aliphatic carboxylic acids is 3. The molecule has 3 atom stereocenters. The van der Waals surface area contributed by atoms with Crippen LogP contribution in [0.5, 0.6) is 0 Å². The van der Waals surface area contributed by atoms with E-state index in [4.69, 9.17) is 20.4 Å². The number of aromatic nitrogens is 1. The van der Waals surface area contributed by atoms with Crippen LogP contribution in [0, 0.1) is 5.92 Å². The molecule has 1 unspecified atom stereocenters. The number of likely N-dealkylation sites (N-methyl/N-ethyl adjacent to an activating group) is 1. The summed E-state index contributed by atoms with van der Waals surface area (Å²) in [5, 5.41) is 38.3. The van der Waals surface area contributed by atoms with Gasteiger partial charge in [-0.2, -0.15) is 0 Å². The Morgan fingerprint density at radius 3 is 2.41 bits per heavy atom. The SMILES string of the molecule is CCCCNC(=O)C1C[C@@H]2c3cccc4[nH]cc(c34)C[C@H]2N(C)C1.O=C(O)CC(O)(CC(=O)O)C(=O)O. The zero-order valence-electron chi connectivity index (χ0n) is 21.1. The van der Waals surface area contributed by atoms with Crippen molar-refractivity contribution in [2.45, 2.75) is 63.0 Å². The fraction of sp³-hybridized carbons (Fsp3) is 0.538. The van der Waals surface area contributed by atoms with Crippen LogP contribution in [0.1, 0.15) is 56.1 Å². The van der Waals surface area contributed by atoms with E-state index in [1.807, 2.05) is 0 Å². The second kappa shape index (κ2) is 11.7. The Labute approximate surface area is 214 Å². The monoisotopic (exact) mass is 517 g/mol. The van der Waals surface area contributed by atoms with E-state index in [0.717, 1.165) is 38.8 Å². The zero-order chi connectivity index (χ0) is 27.3. The van der Waals surface area contributed by atoms with Crippen LogP contribution in [-0.4, -0.2) is 85.9 Å². The summed E-state index contributed by atoms with van der Waals surface area (Å²) >= 11 is 0. The molecule has 1 aromatic carbocycles. The number of carbonyl (C=O) groups excluding carboxylic acids is 1. The van der Waals surface area contributed by atoms with Crippen LogP contribution in [0.4, 0.5) is 0 Å². The predicted octanol–water partition coefficient (Wildman–Crippen LogP) is 1.80. The van der Waals surface area contributed by atoms with Gasteiger partial charge in [-0.15, -0.1) is 0 Å². The summed E-state index contributed by atoms with van der Waals surface area (Å²) in [6.45, 7) is 3.83. The Kier molecular flexibility index (Phi) is 8.93. The maximum Gasteiger partial charge on any atom is 0.336 e. The van der Waals surface area contributed by atoms with E-state index in [9.17, 15) is 19.2 Å². The standard InChI is InChI=1S/C20H27N3O.C6H8O7/c1-3-4-8-21-20(24)14-9-16-15-6-5-7-17-19(15)13(11-22-17)10-18(16)23(2)12-14;7-3(8)1-6(13,5(11)12)2-4(9)10/h5-7,11,14,16,18,22H,3-4,8-10,12H2,1-2H3,(H,21,24);13H,1-2H2,(H,7,8)(H,9,10)(H,11,12)/t14?,16-,18-;/m1./s1. The predicted molar refractivity (Wildman–Crippen MR) is 134 cm³/mol. The quantitative estimate of drug-likeness (QED) is 0.270. The van der Waals surface area contributed by atoms with Gasteiger partial charge in [-0.1, -0.05) is 25.5 Å². The first-order valence-corrected chi connectivity index (χ1v) is 12.4. The summed E-state index contributed by atoms with van der Waals surface area (Å²) in [6, 6.07) is 7.08. The maximum atomic E-state index is 12.6. The number of aliphatic hydroxyl groups is 1. The largest absolute Gasteiger partial charge is 0.481 e. The van der Waals surface area contributed by atoms with Crippen LogP contribution in [-0.2, 0) is 25.6 Å². The van der Waals surface area contributed by atoms with Gasteiger partial charge < -0.3 is 35.6 Å². The van der Waals surface area contributed by atoms with E-state index < -0.39 is 36.4 Å². The van der Waals surface area contributed by atoms with Crippen LogP contribution >= 0.6 is 0 Å². The number of likely N-dealkylation sites (tertiary alicyclic amines) is 1. The first-order chi connectivity index (χ1) is 17.5. The number of nitrogens with one attached hydrogen (secondary N) is 2. The maximum absolute atomic E-state index is 12.6. The number of piperidine rings is 1. The molecule has 1 aliphatic heterocycles. The summed E-state index contributed by atoms with van der Waals surface area (Å²) in [5.74, 6) is -4.23. The number of unbranched alkanes of at least 4 members (excludes halogenated alkanes) is 1. The fourth-order valence-electron chi connectivity index (χ4n) is 5.38. The Balaban J connectivity index is 0.000000251. The minimum Gasteiger partial charge on any atom is -0.481 e. The normalized spacial score (nSPS) is 20.9. The van der Waals surface area contributed by atoms with E-state index in [1.54, 1.807) is 0 Å². The van der Waals surface area contributed by atoms with Gasteiger partial charge in [0.25, 0.3) is 0 Å². The van der Waals surface area contributed by atoms with Gasteiger partial charge in [-0.05, 0) is 43.5 Å². The number of benzene rings is 1. The van der Waals surface area contributed by atoms with E-state index in [-0.39, 0.29) is 11.8 Å². The lowest BCUT2D eigenvalue weighted by Crippen LogP contribution is -2.51. The molecular weight excluding hydrogens is 482 g/mol. The van der Waals surface area contributed by atoms with Gasteiger partial charge in [-0.25, -0.2) is 4.79 Å². The number of rotatable bonds is 9. The smallest absolute Gasteiger partial charge is 0.336 e. The molecule has 1 amide bonds. The molecule has 0 saturated carbocycles. The molecule has 1 saturated heterocycles. The van der Waals surface area contributed by atoms with E-state index >= 15 is 0 Å². The third-order valence-corrected chi connectivity index (χ3v) is 7.21. The Bertz CT molecular complexity index is 1140. The minimum absolute atomic E-state index is 0.101. The molecule has 0 bridgehead atoms. The number of hydrogen-bond donors (Lipinski definition) is 6. The molecule has 6 N–H and O–H groups in total. The van der Waals surface area contributed by atoms with Crippen molar-refractivity contribution in [2.24, 2.45) is 5.92 Å². The number of carbonyl (C=O) groups is 4. The summed E-state index contributed by atoms with van der Waals surface area (Å²) in [4.78, 5) is 48.9. The number of H-pyrrole nitrogens is 1. The molecule has 1 aromatic heterocycles. The lowest BCUT2D eigenvalue weighted by molar-refractivity contribution is -0.170. The van der Waals surface area contributed by atoms with Crippen LogP contribution in [0.3, 0.4) is 0 Å². The van der Waals surface area contributed by atoms with Crippen molar-refractivity contribution in [3.05, 3.63) is 35.5 Å². The first kappa shape index (κ1) is 28.1. The molecule has 11 heteroatoms. The van der Waals surface area contributed by atoms with Crippen LogP contribution in [0.2, 0.25) is 0 Å². The Morgan fingerprint density at radius 1 is 1.14 bits per heavy atom. The third-order valence-electron chi connectivity index (χ3n) is 7.21. The Hall–Kier alpha value is -3.44. The van der Waals surface area contributed by atoms with Crippen molar-refractivity contribution in [1.82, 2.24) is 15.2 Å².